The van der Waals surface area contributed by atoms with Crippen molar-refractivity contribution in [1.82, 2.24) is 24.9 Å². The Morgan fingerprint density at radius 1 is 1.15 bits per heavy atom. The summed E-state index contributed by atoms with van der Waals surface area (Å²) in [6.07, 6.45) is 1.85. The van der Waals surface area contributed by atoms with Gasteiger partial charge in [-0.05, 0) is 24.1 Å². The van der Waals surface area contributed by atoms with Crippen LogP contribution in [0.1, 0.15) is 17.7 Å². The number of urea groups is 1. The molecule has 4 heterocycles. The van der Waals surface area contributed by atoms with E-state index in [4.69, 9.17) is 9.15 Å². The average molecular weight is 453 g/mol. The number of fused-ring (bicyclic) bond motifs is 3. The van der Waals surface area contributed by atoms with E-state index in [1.807, 2.05) is 42.5 Å². The zero-order valence-corrected chi connectivity index (χ0v) is 18.4. The monoisotopic (exact) mass is 453 g/mol. The van der Waals surface area contributed by atoms with Gasteiger partial charge < -0.3 is 14.1 Å². The first-order chi connectivity index (χ1) is 16.0. The molecule has 3 saturated heterocycles. The maximum Gasteiger partial charge on any atom is 0.328 e. The Morgan fingerprint density at radius 2 is 1.97 bits per heavy atom. The van der Waals surface area contributed by atoms with Crippen LogP contribution in [-0.4, -0.2) is 82.7 Å². The van der Waals surface area contributed by atoms with Crippen molar-refractivity contribution in [3.05, 3.63) is 60.1 Å². The number of likely N-dealkylation sites (N-methyl/N-ethyl adjacent to an activating group) is 1. The lowest BCUT2D eigenvalue weighted by atomic mass is 10.1. The van der Waals surface area contributed by atoms with Crippen LogP contribution in [0.3, 0.4) is 0 Å². The second-order valence-corrected chi connectivity index (χ2v) is 8.54. The van der Waals surface area contributed by atoms with E-state index < -0.39 is 30.8 Å². The van der Waals surface area contributed by atoms with Gasteiger partial charge in [0.25, 0.3) is 5.91 Å². The van der Waals surface area contributed by atoms with Crippen molar-refractivity contribution in [2.24, 2.45) is 0 Å². The molecule has 3 aliphatic rings. The smallest absolute Gasteiger partial charge is 0.328 e. The summed E-state index contributed by atoms with van der Waals surface area (Å²) in [6.45, 7) is 1.84. The number of esters is 1. The zero-order valence-electron chi connectivity index (χ0n) is 18.4. The summed E-state index contributed by atoms with van der Waals surface area (Å²) >= 11 is 0. The van der Waals surface area contributed by atoms with Gasteiger partial charge in [-0.2, -0.15) is 0 Å². The van der Waals surface area contributed by atoms with Gasteiger partial charge in [0.1, 0.15) is 37.4 Å². The van der Waals surface area contributed by atoms with Crippen LogP contribution in [0.25, 0.3) is 0 Å². The Hall–Kier alpha value is -3.21. The highest BCUT2D eigenvalue weighted by Crippen LogP contribution is 2.31. The van der Waals surface area contributed by atoms with Crippen LogP contribution in [-0.2, 0) is 27.5 Å². The Kier molecular flexibility index (Phi) is 5.88. The van der Waals surface area contributed by atoms with Crippen molar-refractivity contribution in [3.8, 4) is 0 Å². The quantitative estimate of drug-likeness (QED) is 0.647. The van der Waals surface area contributed by atoms with Gasteiger partial charge >= 0.3 is 12.0 Å². The third-order valence-corrected chi connectivity index (χ3v) is 6.44. The summed E-state index contributed by atoms with van der Waals surface area (Å²) in [6, 6.07) is 12.0. The number of ether oxygens (including phenoxy) is 1. The lowest BCUT2D eigenvalue weighted by Crippen LogP contribution is -2.67. The van der Waals surface area contributed by atoms with Gasteiger partial charge in [0.15, 0.2) is 0 Å². The van der Waals surface area contributed by atoms with Crippen molar-refractivity contribution in [2.45, 2.75) is 38.1 Å². The van der Waals surface area contributed by atoms with Crippen LogP contribution in [0.4, 0.5) is 4.79 Å². The molecule has 5 rings (SSSR count). The summed E-state index contributed by atoms with van der Waals surface area (Å²) in [5, 5.41) is 3.44. The minimum Gasteiger partial charge on any atom is -0.468 e. The van der Waals surface area contributed by atoms with E-state index in [1.54, 1.807) is 13.3 Å². The SMILES string of the molecule is CN1C(=O)N(CC(=O)OCc2ccccc2)C(=O)C2C1NC1N(Cc3ccco3)CCCN21. The van der Waals surface area contributed by atoms with Crippen molar-refractivity contribution in [3.63, 3.8) is 0 Å². The largest absolute Gasteiger partial charge is 0.468 e. The molecule has 33 heavy (non-hydrogen) atoms. The standard InChI is InChI=1S/C23H27N5O5/c1-25-20-19(27-11-6-10-26(22(27)24-20)13-17-9-5-12-32-17)21(30)28(23(25)31)14-18(29)33-15-16-7-3-2-4-8-16/h2-5,7-9,12,19-20,22,24H,6,10-11,13-15H2,1H3. The summed E-state index contributed by atoms with van der Waals surface area (Å²) in [5.74, 6) is -0.158. The van der Waals surface area contributed by atoms with E-state index in [9.17, 15) is 14.4 Å². The van der Waals surface area contributed by atoms with Gasteiger partial charge in [-0.3, -0.25) is 29.6 Å². The molecule has 3 amide bonds. The van der Waals surface area contributed by atoms with Gasteiger partial charge in [-0.15, -0.1) is 0 Å². The Morgan fingerprint density at radius 3 is 2.73 bits per heavy atom. The lowest BCUT2D eigenvalue weighted by Gasteiger charge is -2.42. The number of nitrogens with one attached hydrogen (secondary N) is 1. The molecule has 174 valence electrons. The van der Waals surface area contributed by atoms with Crippen molar-refractivity contribution >= 4 is 17.9 Å². The average Bonchev–Trinajstić information content (AvgIpc) is 3.48. The van der Waals surface area contributed by atoms with Crippen LogP contribution in [0.15, 0.2) is 53.1 Å². The van der Waals surface area contributed by atoms with E-state index in [-0.39, 0.29) is 18.8 Å². The second kappa shape index (κ2) is 8.97. The molecule has 3 aliphatic heterocycles. The van der Waals surface area contributed by atoms with E-state index in [0.29, 0.717) is 13.1 Å². The van der Waals surface area contributed by atoms with Crippen LogP contribution < -0.4 is 5.32 Å². The topological polar surface area (TPSA) is 98.6 Å². The number of imide groups is 1. The normalized spacial score (nSPS) is 25.8. The molecule has 1 aromatic heterocycles. The van der Waals surface area contributed by atoms with Gasteiger partial charge in [0, 0.05) is 20.1 Å². The third-order valence-electron chi connectivity index (χ3n) is 6.44. The minimum atomic E-state index is -0.618. The first-order valence-corrected chi connectivity index (χ1v) is 11.1. The van der Waals surface area contributed by atoms with E-state index in [2.05, 4.69) is 15.1 Å². The fourth-order valence-electron chi connectivity index (χ4n) is 4.82. The van der Waals surface area contributed by atoms with Crippen molar-refractivity contribution in [2.75, 3.05) is 26.7 Å². The summed E-state index contributed by atoms with van der Waals surface area (Å²) < 4.78 is 10.8. The molecule has 0 radical (unpaired) electrons. The second-order valence-electron chi connectivity index (χ2n) is 8.54. The molecular weight excluding hydrogens is 426 g/mol. The molecule has 10 nitrogen and oxygen atoms in total. The van der Waals surface area contributed by atoms with Gasteiger partial charge in [0.2, 0.25) is 0 Å². The summed E-state index contributed by atoms with van der Waals surface area (Å²) in [4.78, 5) is 45.6. The molecule has 1 N–H and O–H groups in total. The number of rotatable bonds is 6. The molecule has 0 bridgehead atoms. The first kappa shape index (κ1) is 21.6. The summed E-state index contributed by atoms with van der Waals surface area (Å²) in [7, 11) is 1.65. The van der Waals surface area contributed by atoms with Crippen molar-refractivity contribution < 1.29 is 23.5 Å². The predicted molar refractivity (Wildman–Crippen MR) is 116 cm³/mol. The Balaban J connectivity index is 1.28. The summed E-state index contributed by atoms with van der Waals surface area (Å²) in [5.41, 5.74) is 0.840. The molecule has 0 aliphatic carbocycles. The first-order valence-electron chi connectivity index (χ1n) is 11.1. The Labute approximate surface area is 191 Å². The number of furan rings is 1. The van der Waals surface area contributed by atoms with Crippen LogP contribution in [0, 0.1) is 0 Å². The molecule has 2 aromatic rings. The van der Waals surface area contributed by atoms with Crippen LogP contribution in [0.2, 0.25) is 0 Å². The number of benzene rings is 1. The van der Waals surface area contributed by atoms with E-state index in [1.165, 1.54) is 4.90 Å². The number of hydrogen-bond acceptors (Lipinski definition) is 8. The molecule has 3 fully saturated rings. The molecule has 10 heteroatoms. The fraction of sp³-hybridized carbons (Fsp3) is 0.435. The third kappa shape index (κ3) is 4.12. The van der Waals surface area contributed by atoms with E-state index in [0.717, 1.165) is 29.2 Å². The highest BCUT2D eigenvalue weighted by Gasteiger charge is 2.56. The van der Waals surface area contributed by atoms with Gasteiger partial charge in [0.05, 0.1) is 12.8 Å². The molecule has 3 atom stereocenters. The number of hydrogen-bond donors (Lipinski definition) is 1. The number of nitrogens with zero attached hydrogens (tertiary/aromatic N) is 4. The zero-order chi connectivity index (χ0) is 22.9. The highest BCUT2D eigenvalue weighted by molar-refractivity contribution is 6.02. The Bertz CT molecular complexity index is 1010. The minimum absolute atomic E-state index is 0.0925. The van der Waals surface area contributed by atoms with Crippen molar-refractivity contribution in [1.29, 1.82) is 0 Å². The fourth-order valence-corrected chi connectivity index (χ4v) is 4.82. The number of amides is 3. The predicted octanol–water partition coefficient (Wildman–Crippen LogP) is 1.01. The molecule has 3 unspecified atom stereocenters. The van der Waals surface area contributed by atoms with Gasteiger partial charge in [-0.25, -0.2) is 4.79 Å². The van der Waals surface area contributed by atoms with Crippen LogP contribution >= 0.6 is 0 Å². The van der Waals surface area contributed by atoms with E-state index >= 15 is 0 Å². The van der Waals surface area contributed by atoms with Crippen LogP contribution in [0.5, 0.6) is 0 Å². The molecule has 1 aromatic carbocycles. The maximum atomic E-state index is 13.4. The maximum absolute atomic E-state index is 13.4. The highest BCUT2D eigenvalue weighted by atomic mass is 16.5. The molecule has 0 saturated carbocycles. The number of carbonyl (C=O) groups excluding carboxylic acids is 3. The molecular formula is C23H27N5O5. The number of carbonyl (C=O) groups is 3. The lowest BCUT2D eigenvalue weighted by molar-refractivity contribution is -0.152. The molecule has 0 spiro atoms. The van der Waals surface area contributed by atoms with Gasteiger partial charge in [-0.1, -0.05) is 30.3 Å².